The predicted octanol–water partition coefficient (Wildman–Crippen LogP) is 7.15. The zero-order valence-corrected chi connectivity index (χ0v) is 33.9. The molecule has 0 saturated heterocycles. The van der Waals surface area contributed by atoms with Gasteiger partial charge in [-0.05, 0) is 77.4 Å². The molecule has 2 amide bonds. The first-order valence-corrected chi connectivity index (χ1v) is 20.2. The Morgan fingerprint density at radius 3 is 1.40 bits per heavy atom. The molecular weight excluding hydrogens is 761 g/mol. The first-order valence-electron chi connectivity index (χ1n) is 20.2. The monoisotopic (exact) mass is 808 g/mol. The van der Waals surface area contributed by atoms with Crippen LogP contribution in [0.3, 0.4) is 0 Å². The summed E-state index contributed by atoms with van der Waals surface area (Å²) in [5, 5.41) is 10.7. The molecule has 0 fully saturated rings. The second kappa shape index (κ2) is 17.9. The number of benzene rings is 4. The number of hydrogen-bond donors (Lipinski definition) is 3. The van der Waals surface area contributed by atoms with E-state index in [1.807, 2.05) is 74.5 Å². The molecule has 2 aliphatic rings. The van der Waals surface area contributed by atoms with Gasteiger partial charge in [0.25, 0.3) is 11.8 Å². The summed E-state index contributed by atoms with van der Waals surface area (Å²) in [6, 6.07) is 26.6. The van der Waals surface area contributed by atoms with E-state index in [0.717, 1.165) is 40.7 Å². The number of carbonyl (C=O) groups excluding carboxylic acids is 3. The topological polar surface area (TPSA) is 208 Å². The molecule has 60 heavy (non-hydrogen) atoms. The van der Waals surface area contributed by atoms with Gasteiger partial charge >= 0.3 is 11.9 Å². The number of carbonyl (C=O) groups is 4. The number of amides is 2. The Labute approximate surface area is 347 Å². The van der Waals surface area contributed by atoms with Crippen LogP contribution in [-0.4, -0.2) is 65.2 Å². The quantitative estimate of drug-likeness (QED) is 0.112. The van der Waals surface area contributed by atoms with Crippen molar-refractivity contribution >= 4 is 57.5 Å². The number of aliphatic carboxylic acids is 1. The lowest BCUT2D eigenvalue weighted by Gasteiger charge is -2.18. The molecule has 14 nitrogen and oxygen atoms in total. The lowest BCUT2D eigenvalue weighted by molar-refractivity contribution is -0.145. The lowest BCUT2D eigenvalue weighted by Crippen LogP contribution is -2.27. The summed E-state index contributed by atoms with van der Waals surface area (Å²) in [4.78, 5) is 71.5. The van der Waals surface area contributed by atoms with E-state index in [9.17, 15) is 24.3 Å². The van der Waals surface area contributed by atoms with Crippen LogP contribution >= 0.6 is 0 Å². The zero-order chi connectivity index (χ0) is 42.5. The van der Waals surface area contributed by atoms with E-state index in [4.69, 9.17) is 16.2 Å². The van der Waals surface area contributed by atoms with Crippen LogP contribution in [-0.2, 0) is 40.5 Å². The molecule has 2 unspecified atom stereocenters. The van der Waals surface area contributed by atoms with Crippen LogP contribution in [0.2, 0.25) is 0 Å². The van der Waals surface area contributed by atoms with Gasteiger partial charge in [-0.2, -0.15) is 0 Å². The highest BCUT2D eigenvalue weighted by Gasteiger charge is 2.30. The van der Waals surface area contributed by atoms with Crippen molar-refractivity contribution in [1.29, 1.82) is 0 Å². The minimum atomic E-state index is -0.884. The maximum Gasteiger partial charge on any atom is 0.313 e. The largest absolute Gasteiger partial charge is 0.481 e. The molecule has 0 bridgehead atoms. The summed E-state index contributed by atoms with van der Waals surface area (Å²) in [5.41, 5.74) is 19.3. The standard InChI is InChI=1S/C24H26N4O3.C22H22N4O3/c1-3-7-18(23(30)31-4-2)15-10-11-20-19(12-15)21(27-24(25)26-20)22(29)28-13-16-8-5-6-9-17(16)14-28;1-2-5-16(21(28)29)13-8-9-18-17(10-13)19(25-22(23)24-18)20(27)26-11-14-6-3-4-7-15(14)12-26/h5-6,8-12,18H,3-4,7,13-14H2,1-2H3,(H2,25,26,27);3-4,6-10,16H,2,5,11-12H2,1H3,(H,28,29)(H2,23,24,25). The summed E-state index contributed by atoms with van der Waals surface area (Å²) in [6.07, 6.45) is 2.74. The van der Waals surface area contributed by atoms with Crippen molar-refractivity contribution in [2.75, 3.05) is 18.1 Å². The normalized spacial score (nSPS) is 13.9. The number of rotatable bonds is 11. The third-order valence-electron chi connectivity index (χ3n) is 11.0. The summed E-state index contributed by atoms with van der Waals surface area (Å²) in [6.45, 7) is 8.16. The van der Waals surface area contributed by atoms with Gasteiger partial charge in [-0.3, -0.25) is 19.2 Å². The van der Waals surface area contributed by atoms with Crippen molar-refractivity contribution in [3.8, 4) is 0 Å². The van der Waals surface area contributed by atoms with Crippen LogP contribution in [0.1, 0.15) is 113 Å². The lowest BCUT2D eigenvalue weighted by atomic mass is 9.93. The van der Waals surface area contributed by atoms with E-state index in [0.29, 0.717) is 73.0 Å². The molecule has 5 N–H and O–H groups in total. The Balaban J connectivity index is 0.000000182. The Hall–Kier alpha value is -6.96. The summed E-state index contributed by atoms with van der Waals surface area (Å²) in [7, 11) is 0. The Kier molecular flexibility index (Phi) is 12.3. The molecule has 0 aliphatic carbocycles. The highest BCUT2D eigenvalue weighted by molar-refractivity contribution is 6.06. The highest BCUT2D eigenvalue weighted by Crippen LogP contribution is 2.32. The number of ether oxygens (including phenoxy) is 1. The van der Waals surface area contributed by atoms with Crippen molar-refractivity contribution in [3.63, 3.8) is 0 Å². The molecule has 2 aliphatic heterocycles. The molecular formula is C46H48N8O6. The fourth-order valence-corrected chi connectivity index (χ4v) is 8.01. The predicted molar refractivity (Wildman–Crippen MR) is 228 cm³/mol. The van der Waals surface area contributed by atoms with Gasteiger partial charge in [0, 0.05) is 37.0 Å². The summed E-state index contributed by atoms with van der Waals surface area (Å²) < 4.78 is 5.27. The van der Waals surface area contributed by atoms with E-state index in [-0.39, 0.29) is 41.1 Å². The minimum Gasteiger partial charge on any atom is -0.481 e. The van der Waals surface area contributed by atoms with E-state index >= 15 is 0 Å². The number of carboxylic acid groups (broad SMARTS) is 1. The van der Waals surface area contributed by atoms with E-state index < -0.39 is 17.8 Å². The molecule has 2 aromatic heterocycles. The van der Waals surface area contributed by atoms with Gasteiger partial charge in [-0.1, -0.05) is 87.4 Å². The number of fused-ring (bicyclic) bond motifs is 4. The van der Waals surface area contributed by atoms with Gasteiger partial charge in [-0.25, -0.2) is 19.9 Å². The molecule has 0 radical (unpaired) electrons. The second-order valence-corrected chi connectivity index (χ2v) is 15.0. The van der Waals surface area contributed by atoms with Crippen LogP contribution < -0.4 is 11.5 Å². The molecule has 14 heteroatoms. The van der Waals surface area contributed by atoms with Crippen LogP contribution in [0.5, 0.6) is 0 Å². The summed E-state index contributed by atoms with van der Waals surface area (Å²) in [5.74, 6) is -2.54. The Morgan fingerprint density at radius 2 is 1.02 bits per heavy atom. The number of nitrogens with zero attached hydrogens (tertiary/aromatic N) is 6. The number of esters is 1. The number of nitrogens with two attached hydrogens (primary N) is 2. The van der Waals surface area contributed by atoms with Gasteiger partial charge in [-0.15, -0.1) is 0 Å². The van der Waals surface area contributed by atoms with Crippen LogP contribution in [0.25, 0.3) is 21.8 Å². The Morgan fingerprint density at radius 1 is 0.617 bits per heavy atom. The summed E-state index contributed by atoms with van der Waals surface area (Å²) >= 11 is 0. The van der Waals surface area contributed by atoms with E-state index in [1.165, 1.54) is 0 Å². The van der Waals surface area contributed by atoms with Crippen molar-refractivity contribution in [2.24, 2.45) is 0 Å². The van der Waals surface area contributed by atoms with Crippen molar-refractivity contribution in [2.45, 2.75) is 84.5 Å². The zero-order valence-electron chi connectivity index (χ0n) is 33.9. The maximum absolute atomic E-state index is 13.4. The first-order chi connectivity index (χ1) is 29.0. The van der Waals surface area contributed by atoms with Gasteiger partial charge in [0.15, 0.2) is 0 Å². The van der Waals surface area contributed by atoms with Crippen LogP contribution in [0.4, 0.5) is 11.9 Å². The van der Waals surface area contributed by atoms with Gasteiger partial charge < -0.3 is 31.1 Å². The number of hydrogen-bond acceptors (Lipinski definition) is 11. The van der Waals surface area contributed by atoms with Gasteiger partial charge in [0.2, 0.25) is 11.9 Å². The van der Waals surface area contributed by atoms with Gasteiger partial charge in [0.1, 0.15) is 11.4 Å². The third kappa shape index (κ3) is 8.58. The second-order valence-electron chi connectivity index (χ2n) is 15.0. The molecule has 4 heterocycles. The number of carboxylic acids is 1. The molecule has 0 saturated carbocycles. The SMILES string of the molecule is CCCC(C(=O)O)c1ccc2nc(N)nc(C(=O)N3Cc4ccccc4C3)c2c1.CCCC(C(=O)OCC)c1ccc2nc(N)nc(C(=O)N3Cc4ccccc4C3)c2c1. The molecule has 308 valence electrons. The fraction of sp³-hybridized carbons (Fsp3) is 0.304. The van der Waals surface area contributed by atoms with Crippen molar-refractivity contribution < 1.29 is 29.0 Å². The smallest absolute Gasteiger partial charge is 0.313 e. The fourth-order valence-electron chi connectivity index (χ4n) is 8.01. The average Bonchev–Trinajstić information content (AvgIpc) is 3.89. The molecule has 6 aromatic rings. The molecule has 8 rings (SSSR count). The average molecular weight is 809 g/mol. The molecule has 2 atom stereocenters. The van der Waals surface area contributed by atoms with Crippen molar-refractivity contribution in [1.82, 2.24) is 29.7 Å². The number of aromatic nitrogens is 4. The maximum atomic E-state index is 13.4. The van der Waals surface area contributed by atoms with E-state index in [1.54, 1.807) is 41.0 Å². The third-order valence-corrected chi connectivity index (χ3v) is 11.0. The van der Waals surface area contributed by atoms with Crippen LogP contribution in [0.15, 0.2) is 84.9 Å². The number of anilines is 2. The van der Waals surface area contributed by atoms with Gasteiger partial charge in [0.05, 0.1) is 29.5 Å². The Bertz CT molecular complexity index is 2560. The van der Waals surface area contributed by atoms with Crippen molar-refractivity contribution in [3.05, 3.63) is 130 Å². The highest BCUT2D eigenvalue weighted by atomic mass is 16.5. The molecule has 4 aromatic carbocycles. The van der Waals surface area contributed by atoms with E-state index in [2.05, 4.69) is 19.9 Å². The molecule has 0 spiro atoms. The minimum absolute atomic E-state index is 0.0219. The first kappa shape index (κ1) is 41.2. The number of nitrogen functional groups attached to an aromatic ring is 2. The van der Waals surface area contributed by atoms with Crippen LogP contribution in [0, 0.1) is 0 Å².